The van der Waals surface area contributed by atoms with Gasteiger partial charge in [-0.2, -0.15) is 10.5 Å². The van der Waals surface area contributed by atoms with Crippen molar-refractivity contribution in [3.8, 4) is 12.1 Å². The zero-order chi connectivity index (χ0) is 24.1. The van der Waals surface area contributed by atoms with Gasteiger partial charge in [-0.1, -0.05) is 49.9 Å². The summed E-state index contributed by atoms with van der Waals surface area (Å²) in [6.07, 6.45) is 0. The van der Waals surface area contributed by atoms with Crippen LogP contribution in [0, 0.1) is 29.6 Å². The first-order chi connectivity index (χ1) is 15.8. The Kier molecular flexibility index (Phi) is 7.42. The number of benzene rings is 1. The third kappa shape index (κ3) is 5.02. The minimum atomic E-state index is -0.728. The Morgan fingerprint density at radius 1 is 1.21 bits per heavy atom. The molecular weight excluding hydrogens is 436 g/mol. The number of hydrogen-bond acceptors (Lipinski definition) is 8. The number of hydrogen-bond donors (Lipinski definition) is 1. The highest BCUT2D eigenvalue weighted by Gasteiger charge is 2.37. The van der Waals surface area contributed by atoms with E-state index < -0.39 is 11.9 Å². The zero-order valence-corrected chi connectivity index (χ0v) is 19.7. The summed E-state index contributed by atoms with van der Waals surface area (Å²) in [4.78, 5) is 17.3. The van der Waals surface area contributed by atoms with Crippen LogP contribution in [0.25, 0.3) is 0 Å². The van der Waals surface area contributed by atoms with Crippen LogP contribution in [0.3, 0.4) is 0 Å². The van der Waals surface area contributed by atoms with E-state index in [9.17, 15) is 15.3 Å². The van der Waals surface area contributed by atoms with Crippen molar-refractivity contribution in [2.24, 2.45) is 5.73 Å². The topological polar surface area (TPSA) is 122 Å². The molecule has 0 bridgehead atoms. The van der Waals surface area contributed by atoms with Gasteiger partial charge in [-0.05, 0) is 36.1 Å². The summed E-state index contributed by atoms with van der Waals surface area (Å²) < 4.78 is 10.8. The van der Waals surface area contributed by atoms with Gasteiger partial charge >= 0.3 is 5.97 Å². The highest BCUT2D eigenvalue weighted by molar-refractivity contribution is 7.99. The van der Waals surface area contributed by atoms with Gasteiger partial charge in [0, 0.05) is 5.69 Å². The molecule has 1 aromatic heterocycles. The first-order valence-electron chi connectivity index (χ1n) is 10.3. The molecule has 7 nitrogen and oxygen atoms in total. The van der Waals surface area contributed by atoms with Gasteiger partial charge in [-0.15, -0.1) is 0 Å². The van der Waals surface area contributed by atoms with Crippen molar-refractivity contribution >= 4 is 17.7 Å². The van der Waals surface area contributed by atoms with Crippen molar-refractivity contribution in [2.75, 3.05) is 12.9 Å². The lowest BCUT2D eigenvalue weighted by molar-refractivity contribution is -0.136. The highest BCUT2D eigenvalue weighted by atomic mass is 32.2. The van der Waals surface area contributed by atoms with Gasteiger partial charge in [0.1, 0.15) is 28.5 Å². The summed E-state index contributed by atoms with van der Waals surface area (Å²) in [6, 6.07) is 15.4. The van der Waals surface area contributed by atoms with E-state index in [2.05, 4.69) is 31.0 Å². The molecule has 0 aliphatic carbocycles. The van der Waals surface area contributed by atoms with Gasteiger partial charge in [0.2, 0.25) is 5.88 Å². The molecule has 1 aliphatic heterocycles. The van der Waals surface area contributed by atoms with E-state index in [0.29, 0.717) is 16.5 Å². The van der Waals surface area contributed by atoms with Crippen molar-refractivity contribution in [1.29, 1.82) is 10.5 Å². The minimum Gasteiger partial charge on any atom is -0.466 e. The minimum absolute atomic E-state index is 0.0589. The van der Waals surface area contributed by atoms with Gasteiger partial charge in [-0.3, -0.25) is 0 Å². The second kappa shape index (κ2) is 10.2. The van der Waals surface area contributed by atoms with Crippen LogP contribution in [0.4, 0.5) is 0 Å². The van der Waals surface area contributed by atoms with Crippen LogP contribution < -0.4 is 5.73 Å². The van der Waals surface area contributed by atoms with Crippen molar-refractivity contribution in [3.63, 3.8) is 0 Å². The summed E-state index contributed by atoms with van der Waals surface area (Å²) in [6.45, 7) is 6.01. The summed E-state index contributed by atoms with van der Waals surface area (Å²) in [7, 11) is 1.28. The van der Waals surface area contributed by atoms with Crippen LogP contribution in [-0.4, -0.2) is 23.8 Å². The monoisotopic (exact) mass is 460 g/mol. The van der Waals surface area contributed by atoms with E-state index in [1.165, 1.54) is 18.9 Å². The number of thioether (sulfide) groups is 1. The molecule has 2 heterocycles. The molecule has 1 atom stereocenters. The van der Waals surface area contributed by atoms with Crippen LogP contribution in [0.1, 0.15) is 48.1 Å². The number of nitriles is 2. The van der Waals surface area contributed by atoms with Gasteiger partial charge < -0.3 is 15.2 Å². The number of rotatable bonds is 6. The Balaban J connectivity index is 2.08. The van der Waals surface area contributed by atoms with Gasteiger partial charge in [0.15, 0.2) is 0 Å². The third-order valence-corrected chi connectivity index (χ3v) is 6.29. The summed E-state index contributed by atoms with van der Waals surface area (Å²) in [5, 5.41) is 19.7. The molecule has 0 saturated carbocycles. The molecular formula is C25H24N4O3S. The van der Waals surface area contributed by atoms with E-state index in [1.807, 2.05) is 31.2 Å². The Morgan fingerprint density at radius 2 is 1.91 bits per heavy atom. The van der Waals surface area contributed by atoms with Crippen LogP contribution >= 0.6 is 11.8 Å². The maximum absolute atomic E-state index is 12.9. The Labute approximate surface area is 197 Å². The maximum atomic E-state index is 12.9. The van der Waals surface area contributed by atoms with Crippen molar-refractivity contribution < 1.29 is 14.3 Å². The van der Waals surface area contributed by atoms with E-state index in [4.69, 9.17) is 15.2 Å². The first kappa shape index (κ1) is 23.9. The number of aromatic nitrogens is 1. The molecule has 1 aromatic carbocycles. The fourth-order valence-electron chi connectivity index (χ4n) is 3.53. The smallest absolute Gasteiger partial charge is 0.338 e. The number of carbonyl (C=O) groups is 1. The molecule has 8 heteroatoms. The molecule has 2 aromatic rings. The van der Waals surface area contributed by atoms with Crippen molar-refractivity contribution in [2.45, 2.75) is 37.6 Å². The lowest BCUT2D eigenvalue weighted by atomic mass is 9.82. The number of nitrogens with zero attached hydrogens (tertiary/aromatic N) is 3. The number of aryl methyl sites for hydroxylation is 1. The van der Waals surface area contributed by atoms with E-state index in [-0.39, 0.29) is 28.5 Å². The molecule has 1 unspecified atom stereocenters. The van der Waals surface area contributed by atoms with E-state index in [0.717, 1.165) is 16.8 Å². The molecule has 33 heavy (non-hydrogen) atoms. The summed E-state index contributed by atoms with van der Waals surface area (Å²) >= 11 is 1.25. The SMILES string of the molecule is COC(=O)C1=C(CSc2nc(C)ccc2C#N)OC(N)=C(C#N)C1c1ccc(C(C)C)cc1. The standard InChI is InChI=1S/C25H24N4O3S/c1-14(2)16-7-9-17(10-8-16)21-19(12-27)23(28)32-20(22(21)25(30)31-4)13-33-24-18(11-26)6-5-15(3)29-24/h5-10,14,21H,13,28H2,1-4H3. The van der Waals surface area contributed by atoms with Crippen LogP contribution in [-0.2, 0) is 14.3 Å². The normalized spacial score (nSPS) is 15.7. The number of nitrogens with two attached hydrogens (primary N) is 1. The number of esters is 1. The molecule has 0 fully saturated rings. The Bertz CT molecular complexity index is 1220. The number of ether oxygens (including phenoxy) is 2. The average Bonchev–Trinajstić information content (AvgIpc) is 2.81. The second-order valence-electron chi connectivity index (χ2n) is 7.78. The van der Waals surface area contributed by atoms with Crippen molar-refractivity contribution in [1.82, 2.24) is 4.98 Å². The van der Waals surface area contributed by atoms with Gasteiger partial charge in [0.25, 0.3) is 0 Å². The lowest BCUT2D eigenvalue weighted by Crippen LogP contribution is -2.26. The van der Waals surface area contributed by atoms with E-state index >= 15 is 0 Å². The van der Waals surface area contributed by atoms with Crippen molar-refractivity contribution in [3.05, 3.63) is 81.6 Å². The quantitative estimate of drug-likeness (QED) is 0.497. The predicted octanol–water partition coefficient (Wildman–Crippen LogP) is 4.41. The fourth-order valence-corrected chi connectivity index (χ4v) is 4.49. The summed E-state index contributed by atoms with van der Waals surface area (Å²) in [5.74, 6) is -0.612. The fraction of sp³-hybridized carbons (Fsp3) is 0.280. The van der Waals surface area contributed by atoms with Crippen LogP contribution in [0.5, 0.6) is 0 Å². The number of allylic oxidation sites excluding steroid dienone is 1. The molecule has 0 spiro atoms. The van der Waals surface area contributed by atoms with E-state index in [1.54, 1.807) is 12.1 Å². The maximum Gasteiger partial charge on any atom is 0.338 e. The lowest BCUT2D eigenvalue weighted by Gasteiger charge is -2.28. The molecule has 168 valence electrons. The Hall–Kier alpha value is -3.75. The average molecular weight is 461 g/mol. The number of carbonyl (C=O) groups excluding carboxylic acids is 1. The molecule has 1 aliphatic rings. The zero-order valence-electron chi connectivity index (χ0n) is 18.9. The predicted molar refractivity (Wildman–Crippen MR) is 125 cm³/mol. The van der Waals surface area contributed by atoms with Gasteiger partial charge in [-0.25, -0.2) is 9.78 Å². The van der Waals surface area contributed by atoms with Crippen LogP contribution in [0.2, 0.25) is 0 Å². The third-order valence-electron chi connectivity index (χ3n) is 5.30. The number of pyridine rings is 1. The molecule has 0 amide bonds. The van der Waals surface area contributed by atoms with Crippen LogP contribution in [0.15, 0.2) is 64.2 Å². The molecule has 2 N–H and O–H groups in total. The molecule has 0 saturated heterocycles. The molecule has 0 radical (unpaired) electrons. The largest absolute Gasteiger partial charge is 0.466 e. The first-order valence-corrected chi connectivity index (χ1v) is 11.3. The van der Waals surface area contributed by atoms with Gasteiger partial charge in [0.05, 0.1) is 29.9 Å². The highest BCUT2D eigenvalue weighted by Crippen LogP contribution is 2.41. The summed E-state index contributed by atoms with van der Waals surface area (Å²) in [5.41, 5.74) is 9.51. The Morgan fingerprint density at radius 3 is 2.48 bits per heavy atom. The second-order valence-corrected chi connectivity index (χ2v) is 8.74. The molecule has 3 rings (SSSR count). The number of methoxy groups -OCH3 is 1.